The van der Waals surface area contributed by atoms with Gasteiger partial charge in [-0.1, -0.05) is 66.7 Å². The number of carboxylic acid groups (broad SMARTS) is 2. The number of nitrogens with two attached hydrogens (primary N) is 8. The Morgan fingerprint density at radius 1 is 0.362 bits per heavy atom. The molecule has 5 rings (SSSR count). The van der Waals surface area contributed by atoms with Crippen molar-refractivity contribution in [1.82, 2.24) is 95.3 Å². The van der Waals surface area contributed by atoms with E-state index in [1.807, 2.05) is 18.2 Å². The summed E-state index contributed by atoms with van der Waals surface area (Å²) in [6.45, 7) is 0.0492. The average Bonchev–Trinajstić information content (AvgIpc) is 1.70. The van der Waals surface area contributed by atoms with Crippen molar-refractivity contribution in [2.75, 3.05) is 57.3 Å². The first-order valence-electron chi connectivity index (χ1n) is 45.7. The molecule has 1 saturated heterocycles. The normalized spacial score (nSPS) is 14.8. The maximum Gasteiger partial charge on any atom is 0.312 e. The lowest BCUT2D eigenvalue weighted by Gasteiger charge is -2.31. The second-order valence-corrected chi connectivity index (χ2v) is 34.2. The number of urea groups is 1. The number of primary amides is 2. The molecule has 16 amide bonds. The van der Waals surface area contributed by atoms with E-state index < -0.39 is 229 Å². The SMILES string of the molecule is N=C(N)NCCC[C@H](NC(=O)[C@H](CS)NC(=O)[C@H](CCCNC(N)=O)NC(=O)[C@H](CCCNC(=N)N)NC(=O)[C@H](Cc1ccc(O)cc1)NC(=O)[C@@H]1CCCN1C(=O)[C@@H](CCC(=O)O)NC(=O)[C@H](CCCCN)NC(=O)[C@H](CCC(=O)O)NC(=O)[C@H](Cc1ccc(O)cc1)NC(=O)[C@H](CS)NC(=O)[C@H](Cc1ccc2ccccc2c1)NC(=O)[C@H](CCCNC(=N)N)NC(=O)[C@@H](N)CCCNC(=N)N)C(N)=O. The van der Waals surface area contributed by atoms with Crippen LogP contribution in [0.3, 0.4) is 0 Å². The summed E-state index contributed by atoms with van der Waals surface area (Å²) in [6.07, 6.45) is -3.99. The summed E-state index contributed by atoms with van der Waals surface area (Å²) in [5.41, 5.74) is 45.9. The minimum Gasteiger partial charge on any atom is -0.508 e. The van der Waals surface area contributed by atoms with Crippen LogP contribution in [0.2, 0.25) is 0 Å². The summed E-state index contributed by atoms with van der Waals surface area (Å²) >= 11 is 8.64. The number of rotatable bonds is 64. The first kappa shape index (κ1) is 117. The van der Waals surface area contributed by atoms with Gasteiger partial charge in [-0.3, -0.25) is 98.3 Å². The number of carbonyl (C=O) groups is 17. The summed E-state index contributed by atoms with van der Waals surface area (Å²) in [7, 11) is 0. The monoisotopic (exact) mass is 2010 g/mol. The highest BCUT2D eigenvalue weighted by Gasteiger charge is 2.42. The molecular formula is C88H134N30O21S2. The van der Waals surface area contributed by atoms with E-state index in [2.05, 4.69) is 116 Å². The van der Waals surface area contributed by atoms with Crippen LogP contribution in [0.1, 0.15) is 139 Å². The fraction of sp³-hybridized carbons (Fsp3) is 0.511. The summed E-state index contributed by atoms with van der Waals surface area (Å²) < 4.78 is 0. The van der Waals surface area contributed by atoms with Gasteiger partial charge in [0.25, 0.3) is 0 Å². The number of fused-ring (bicyclic) bond motifs is 1. The maximum atomic E-state index is 15.2. The van der Waals surface area contributed by atoms with Gasteiger partial charge in [-0.05, 0) is 167 Å². The molecule has 0 bridgehead atoms. The molecule has 1 aliphatic rings. The lowest BCUT2D eigenvalue weighted by molar-refractivity contribution is -0.143. The Morgan fingerprint density at radius 2 is 0.681 bits per heavy atom. The second-order valence-electron chi connectivity index (χ2n) is 33.4. The Morgan fingerprint density at radius 3 is 1.08 bits per heavy atom. The van der Waals surface area contributed by atoms with Crippen LogP contribution in [0.5, 0.6) is 11.5 Å². The van der Waals surface area contributed by atoms with Crippen molar-refractivity contribution < 1.29 is 102 Å². The number of aromatic hydroxyl groups is 2. The first-order valence-corrected chi connectivity index (χ1v) is 47.0. The summed E-state index contributed by atoms with van der Waals surface area (Å²) in [4.78, 5) is 241. The van der Waals surface area contributed by atoms with E-state index in [9.17, 15) is 82.8 Å². The fourth-order valence-corrected chi connectivity index (χ4v) is 15.3. The van der Waals surface area contributed by atoms with Gasteiger partial charge in [-0.25, -0.2) is 4.79 Å². The molecule has 51 nitrogen and oxygen atoms in total. The van der Waals surface area contributed by atoms with Crippen molar-refractivity contribution in [2.45, 2.75) is 226 Å². The van der Waals surface area contributed by atoms with E-state index >= 15 is 19.2 Å². The van der Waals surface area contributed by atoms with Gasteiger partial charge in [0.05, 0.1) is 6.04 Å². The number of likely N-dealkylation sites (tertiary alicyclic amines) is 1. The molecule has 53 heteroatoms. The van der Waals surface area contributed by atoms with E-state index in [-0.39, 0.29) is 189 Å². The quantitative estimate of drug-likeness (QED) is 0.00845. The lowest BCUT2D eigenvalue weighted by atomic mass is 10.00. The number of nitrogens with zero attached hydrogens (tertiary/aromatic N) is 1. The summed E-state index contributed by atoms with van der Waals surface area (Å²) in [5, 5.41) is 116. The Labute approximate surface area is 823 Å². The minimum absolute atomic E-state index is 0.0164. The molecule has 774 valence electrons. The number of carbonyl (C=O) groups excluding carboxylic acids is 15. The Kier molecular flexibility index (Phi) is 50.9. The molecule has 4 aromatic carbocycles. The van der Waals surface area contributed by atoms with Crippen molar-refractivity contribution in [3.8, 4) is 11.5 Å². The van der Waals surface area contributed by atoms with Crippen LogP contribution >= 0.6 is 25.3 Å². The topological polar surface area (TPSA) is 882 Å². The van der Waals surface area contributed by atoms with Crippen LogP contribution in [0.25, 0.3) is 10.8 Å². The van der Waals surface area contributed by atoms with Gasteiger partial charge in [-0.2, -0.15) is 25.3 Å². The third-order valence-electron chi connectivity index (χ3n) is 22.3. The zero-order valence-corrected chi connectivity index (χ0v) is 79.6. The van der Waals surface area contributed by atoms with Crippen LogP contribution in [0, 0.1) is 21.6 Å². The van der Waals surface area contributed by atoms with Crippen LogP contribution in [-0.2, 0) is 96.0 Å². The number of phenols is 2. The number of nitrogens with one attached hydrogen (secondary N) is 21. The van der Waals surface area contributed by atoms with Crippen LogP contribution in [0.4, 0.5) is 4.79 Å². The van der Waals surface area contributed by atoms with Gasteiger partial charge in [0.15, 0.2) is 23.8 Å². The molecule has 0 saturated carbocycles. The van der Waals surface area contributed by atoms with Crippen LogP contribution in [0.15, 0.2) is 91.0 Å². The van der Waals surface area contributed by atoms with E-state index in [0.29, 0.717) is 17.5 Å². The van der Waals surface area contributed by atoms with Gasteiger partial charge in [0.2, 0.25) is 82.7 Å². The Bertz CT molecular complexity index is 4970. The molecule has 141 heavy (non-hydrogen) atoms. The zero-order valence-electron chi connectivity index (χ0n) is 77.9. The highest BCUT2D eigenvalue weighted by molar-refractivity contribution is 7.80. The molecule has 0 aliphatic carbocycles. The van der Waals surface area contributed by atoms with E-state index in [4.69, 9.17) is 67.5 Å². The standard InChI is InChI=1S/C88H134N30O21S2/c89-34-4-3-14-56(108-76(131)60(30-32-68(121)122)111-77(132)62(42-47-21-26-52(119)27-22-47)114-81(136)66(46-141)117-79(134)64(44-49-20-25-50-11-1-2-12-51(50)41-49)113-74(129)57(16-7-37-103-86(96)97)107-71(126)54(90)13-5-35-101-84(92)93)73(128)112-61(31-33-69(123)124)83(138)118-40-10-19-67(118)82(137)115-63(43-48-23-28-53(120)29-24-48)78(133)110-58(17-8-38-104-87(98)99)72(127)109-59(18-9-39-105-88(100)139)75(130)116-65(45-140)80(135)106-55(70(91)125)15-6-36-102-85(94)95/h1-2,11-12,20-29,41,54-67,119-120,140-141H,3-10,13-19,30-40,42-46,89-90H2,(H2,91,125)(H,106,135)(H,107,126)(H,108,131)(H,109,127)(H,110,133)(H,111,132)(H,112,128)(H,113,129)(H,114,136)(H,115,137)(H,116,130)(H,117,134)(H,121,122)(H,123,124)(H4,92,93,101)(H4,94,95,102)(H4,96,97,103)(H4,98,99,104)(H3,100,105,139)/t54-,55-,56-,57-,58-,59-,60-,61+,62-,63-,64-,65-,66-,67-/m0/s1. The van der Waals surface area contributed by atoms with E-state index in [1.54, 1.807) is 24.3 Å². The molecule has 1 heterocycles. The molecule has 14 atom stereocenters. The van der Waals surface area contributed by atoms with Crippen molar-refractivity contribution >= 4 is 161 Å². The van der Waals surface area contributed by atoms with Crippen molar-refractivity contribution in [3.63, 3.8) is 0 Å². The summed E-state index contributed by atoms with van der Waals surface area (Å²) in [5.74, 6) is -19.9. The number of hydrogen-bond donors (Lipinski definition) is 35. The molecule has 0 spiro atoms. The predicted molar refractivity (Wildman–Crippen MR) is 524 cm³/mol. The van der Waals surface area contributed by atoms with Crippen LogP contribution < -0.4 is 136 Å². The number of amides is 16. The van der Waals surface area contributed by atoms with E-state index in [0.717, 1.165) is 15.7 Å². The number of benzene rings is 4. The van der Waals surface area contributed by atoms with E-state index in [1.165, 1.54) is 48.5 Å². The first-order chi connectivity index (χ1) is 67.0. The number of carboxylic acids is 2. The third kappa shape index (κ3) is 43.4. The Balaban J connectivity index is 1.45. The molecular weight excluding hydrogens is 1880 g/mol. The fourth-order valence-electron chi connectivity index (χ4n) is 14.8. The number of thiol groups is 2. The molecule has 4 aromatic rings. The summed E-state index contributed by atoms with van der Waals surface area (Å²) in [6, 6.07) is 0.217. The minimum atomic E-state index is -1.89. The molecule has 41 N–H and O–H groups in total. The number of unbranched alkanes of at least 4 members (excludes halogenated alkanes) is 1. The van der Waals surface area contributed by atoms with Crippen LogP contribution in [-0.4, -0.2) is 292 Å². The highest BCUT2D eigenvalue weighted by Crippen LogP contribution is 2.24. The van der Waals surface area contributed by atoms with Gasteiger partial charge in [-0.15, -0.1) is 0 Å². The third-order valence-corrected chi connectivity index (χ3v) is 23.1. The number of guanidine groups is 4. The number of phenolic OH excluding ortho intramolecular Hbond substituents is 2. The number of aliphatic carboxylic acids is 2. The molecule has 0 unspecified atom stereocenters. The lowest BCUT2D eigenvalue weighted by Crippen LogP contribution is -2.61. The van der Waals surface area contributed by atoms with Crippen molar-refractivity contribution in [3.05, 3.63) is 108 Å². The van der Waals surface area contributed by atoms with Crippen molar-refractivity contribution in [2.24, 2.45) is 45.9 Å². The van der Waals surface area contributed by atoms with Gasteiger partial charge >= 0.3 is 18.0 Å². The average molecular weight is 2010 g/mol. The Hall–Kier alpha value is -14.8. The van der Waals surface area contributed by atoms with Crippen molar-refractivity contribution in [1.29, 1.82) is 21.6 Å². The van der Waals surface area contributed by atoms with Gasteiger partial charge in [0, 0.05) is 82.9 Å². The number of hydrogen-bond acceptors (Lipinski definition) is 27. The zero-order chi connectivity index (χ0) is 104. The highest BCUT2D eigenvalue weighted by atomic mass is 32.1. The smallest absolute Gasteiger partial charge is 0.312 e. The maximum absolute atomic E-state index is 15.2. The molecule has 0 aromatic heterocycles. The molecule has 1 aliphatic heterocycles. The van der Waals surface area contributed by atoms with Gasteiger partial charge < -0.3 is 162 Å². The predicted octanol–water partition coefficient (Wildman–Crippen LogP) is -6.88. The van der Waals surface area contributed by atoms with Gasteiger partial charge in [0.1, 0.15) is 90.0 Å². The largest absolute Gasteiger partial charge is 0.508 e. The molecule has 0 radical (unpaired) electrons. The molecule has 1 fully saturated rings. The second kappa shape index (κ2) is 61.5.